The minimum atomic E-state index is -0.0437. The fraction of sp³-hybridized carbons (Fsp3) is 0.0588. The van der Waals surface area contributed by atoms with Crippen molar-refractivity contribution in [1.29, 1.82) is 0 Å². The van der Waals surface area contributed by atoms with Crippen LogP contribution in [0.1, 0.15) is 4.88 Å². The minimum absolute atomic E-state index is 0.0437. The van der Waals surface area contributed by atoms with Crippen molar-refractivity contribution >= 4 is 27.9 Å². The van der Waals surface area contributed by atoms with Gasteiger partial charge in [-0.15, -0.1) is 11.3 Å². The molecule has 0 bridgehead atoms. The quantitative estimate of drug-likeness (QED) is 0.722. The summed E-state index contributed by atoms with van der Waals surface area (Å²) in [4.78, 5) is 1.01. The van der Waals surface area contributed by atoms with E-state index in [-0.39, 0.29) is 6.61 Å². The van der Waals surface area contributed by atoms with Crippen molar-refractivity contribution in [2.75, 3.05) is 6.61 Å². The Labute approximate surface area is 121 Å². The van der Waals surface area contributed by atoms with E-state index in [2.05, 4.69) is 12.1 Å². The lowest BCUT2D eigenvalue weighted by molar-refractivity contribution is 0.340. The molecule has 0 saturated heterocycles. The molecule has 0 amide bonds. The topological polar surface area (TPSA) is 29.5 Å². The average molecular weight is 282 g/mol. The number of aliphatic hydroxyl groups is 1. The van der Waals surface area contributed by atoms with Crippen LogP contribution in [0, 0.1) is 0 Å². The van der Waals surface area contributed by atoms with Gasteiger partial charge in [0.15, 0.2) is 0 Å². The SMILES string of the molecule is OC/C=C(\Oc1cccc2ccccc12)c1cccs1. The van der Waals surface area contributed by atoms with E-state index in [1.165, 1.54) is 0 Å². The highest BCUT2D eigenvalue weighted by atomic mass is 32.1. The van der Waals surface area contributed by atoms with E-state index in [1.54, 1.807) is 17.4 Å². The van der Waals surface area contributed by atoms with Crippen LogP contribution in [0.3, 0.4) is 0 Å². The number of fused-ring (bicyclic) bond motifs is 1. The fourth-order valence-electron chi connectivity index (χ4n) is 2.10. The summed E-state index contributed by atoms with van der Waals surface area (Å²) in [7, 11) is 0. The van der Waals surface area contributed by atoms with Gasteiger partial charge in [0.1, 0.15) is 11.5 Å². The number of rotatable bonds is 4. The van der Waals surface area contributed by atoms with Crippen LogP contribution < -0.4 is 4.74 Å². The molecule has 0 aliphatic heterocycles. The second-order valence-electron chi connectivity index (χ2n) is 4.31. The fourth-order valence-corrected chi connectivity index (χ4v) is 2.80. The molecule has 3 aromatic rings. The largest absolute Gasteiger partial charge is 0.455 e. The van der Waals surface area contributed by atoms with Crippen molar-refractivity contribution in [3.05, 3.63) is 70.9 Å². The third-order valence-corrected chi connectivity index (χ3v) is 3.89. The van der Waals surface area contributed by atoms with Gasteiger partial charge in [-0.05, 0) is 29.0 Å². The van der Waals surface area contributed by atoms with Gasteiger partial charge in [0.2, 0.25) is 0 Å². The lowest BCUT2D eigenvalue weighted by atomic mass is 10.1. The Hall–Kier alpha value is -2.10. The average Bonchev–Trinajstić information content (AvgIpc) is 3.01. The van der Waals surface area contributed by atoms with Crippen LogP contribution in [-0.4, -0.2) is 11.7 Å². The lowest BCUT2D eigenvalue weighted by Gasteiger charge is -2.11. The highest BCUT2D eigenvalue weighted by molar-refractivity contribution is 7.11. The van der Waals surface area contributed by atoms with E-state index >= 15 is 0 Å². The second-order valence-corrected chi connectivity index (χ2v) is 5.26. The normalized spacial score (nSPS) is 11.8. The van der Waals surface area contributed by atoms with Crippen molar-refractivity contribution in [3.8, 4) is 5.75 Å². The molecular formula is C17H14O2S. The monoisotopic (exact) mass is 282 g/mol. The molecule has 3 rings (SSSR count). The smallest absolute Gasteiger partial charge is 0.142 e. The zero-order valence-corrected chi connectivity index (χ0v) is 11.6. The first-order chi connectivity index (χ1) is 9.88. The standard InChI is InChI=1S/C17H14O2S/c18-11-10-16(17-9-4-12-20-17)19-15-8-3-6-13-5-1-2-7-14(13)15/h1-10,12,18H,11H2/b16-10-. The molecule has 0 saturated carbocycles. The van der Waals surface area contributed by atoms with E-state index in [0.717, 1.165) is 21.4 Å². The Balaban J connectivity index is 2.01. The summed E-state index contributed by atoms with van der Waals surface area (Å²) in [6.07, 6.45) is 1.69. The zero-order valence-electron chi connectivity index (χ0n) is 10.8. The number of thiophene rings is 1. The summed E-state index contributed by atoms with van der Waals surface area (Å²) in [5.41, 5.74) is 0. The number of hydrogen-bond acceptors (Lipinski definition) is 3. The first-order valence-electron chi connectivity index (χ1n) is 6.39. The number of benzene rings is 2. The van der Waals surface area contributed by atoms with E-state index in [1.807, 2.05) is 47.8 Å². The summed E-state index contributed by atoms with van der Waals surface area (Å²) in [5, 5.41) is 13.4. The van der Waals surface area contributed by atoms with Crippen LogP contribution in [-0.2, 0) is 0 Å². The minimum Gasteiger partial charge on any atom is -0.455 e. The van der Waals surface area contributed by atoms with Crippen molar-refractivity contribution in [1.82, 2.24) is 0 Å². The second kappa shape index (κ2) is 5.90. The van der Waals surface area contributed by atoms with E-state index < -0.39 is 0 Å². The molecule has 0 aliphatic carbocycles. The molecule has 1 aromatic heterocycles. The Bertz CT molecular complexity index is 724. The molecule has 0 radical (unpaired) electrons. The van der Waals surface area contributed by atoms with Crippen LogP contribution >= 0.6 is 11.3 Å². The van der Waals surface area contributed by atoms with Gasteiger partial charge in [-0.3, -0.25) is 0 Å². The molecule has 100 valence electrons. The van der Waals surface area contributed by atoms with Crippen molar-refractivity contribution in [2.45, 2.75) is 0 Å². The Morgan fingerprint density at radius 2 is 1.90 bits per heavy atom. The lowest BCUT2D eigenvalue weighted by Crippen LogP contribution is -1.95. The molecule has 0 fully saturated rings. The predicted octanol–water partition coefficient (Wildman–Crippen LogP) is 4.31. The summed E-state index contributed by atoms with van der Waals surface area (Å²) in [6, 6.07) is 18.0. The van der Waals surface area contributed by atoms with Gasteiger partial charge in [-0.1, -0.05) is 42.5 Å². The van der Waals surface area contributed by atoms with Gasteiger partial charge >= 0.3 is 0 Å². The Morgan fingerprint density at radius 1 is 1.05 bits per heavy atom. The molecule has 1 N–H and O–H groups in total. The maximum atomic E-state index is 9.18. The summed E-state index contributed by atoms with van der Waals surface area (Å²) < 4.78 is 6.02. The Kier molecular flexibility index (Phi) is 3.81. The molecule has 0 aliphatic rings. The highest BCUT2D eigenvalue weighted by Crippen LogP contribution is 2.30. The van der Waals surface area contributed by atoms with Gasteiger partial charge < -0.3 is 9.84 Å². The molecule has 2 nitrogen and oxygen atoms in total. The predicted molar refractivity (Wildman–Crippen MR) is 84.0 cm³/mol. The van der Waals surface area contributed by atoms with Crippen LogP contribution in [0.15, 0.2) is 66.1 Å². The first-order valence-corrected chi connectivity index (χ1v) is 7.27. The van der Waals surface area contributed by atoms with Crippen LogP contribution in [0.4, 0.5) is 0 Å². The number of ether oxygens (including phenoxy) is 1. The molecule has 1 heterocycles. The van der Waals surface area contributed by atoms with Crippen molar-refractivity contribution in [3.63, 3.8) is 0 Å². The first kappa shape index (κ1) is 12.9. The van der Waals surface area contributed by atoms with Gasteiger partial charge in [0, 0.05) is 5.39 Å². The van der Waals surface area contributed by atoms with Gasteiger partial charge in [-0.2, -0.15) is 0 Å². The molecular weight excluding hydrogens is 268 g/mol. The van der Waals surface area contributed by atoms with Gasteiger partial charge in [0.25, 0.3) is 0 Å². The summed E-state index contributed by atoms with van der Waals surface area (Å²) in [5.74, 6) is 1.50. The molecule has 0 atom stereocenters. The van der Waals surface area contributed by atoms with Crippen LogP contribution in [0.25, 0.3) is 16.5 Å². The van der Waals surface area contributed by atoms with Crippen molar-refractivity contribution < 1.29 is 9.84 Å². The van der Waals surface area contributed by atoms with Crippen molar-refractivity contribution in [2.24, 2.45) is 0 Å². The van der Waals surface area contributed by atoms with Gasteiger partial charge in [-0.25, -0.2) is 0 Å². The third kappa shape index (κ3) is 2.59. The zero-order chi connectivity index (χ0) is 13.8. The molecule has 0 unspecified atom stereocenters. The maximum Gasteiger partial charge on any atom is 0.142 e. The number of aliphatic hydroxyl groups excluding tert-OH is 1. The van der Waals surface area contributed by atoms with E-state index in [0.29, 0.717) is 5.76 Å². The highest BCUT2D eigenvalue weighted by Gasteiger charge is 2.08. The molecule has 0 spiro atoms. The van der Waals surface area contributed by atoms with Crippen LogP contribution in [0.2, 0.25) is 0 Å². The Morgan fingerprint density at radius 3 is 2.70 bits per heavy atom. The molecule has 20 heavy (non-hydrogen) atoms. The third-order valence-electron chi connectivity index (χ3n) is 3.01. The maximum absolute atomic E-state index is 9.18. The van der Waals surface area contributed by atoms with E-state index in [4.69, 9.17) is 4.74 Å². The van der Waals surface area contributed by atoms with Gasteiger partial charge in [0.05, 0.1) is 11.5 Å². The summed E-state index contributed by atoms with van der Waals surface area (Å²) >= 11 is 1.59. The molecule has 2 aromatic carbocycles. The summed E-state index contributed by atoms with van der Waals surface area (Å²) in [6.45, 7) is -0.0437. The van der Waals surface area contributed by atoms with Crippen LogP contribution in [0.5, 0.6) is 5.75 Å². The van der Waals surface area contributed by atoms with E-state index in [9.17, 15) is 5.11 Å². The molecule has 3 heteroatoms. The number of hydrogen-bond donors (Lipinski definition) is 1.